The molecule has 39 valence electrons. The molecule has 0 spiro atoms. The van der Waals surface area contributed by atoms with Crippen molar-refractivity contribution in [2.45, 2.75) is 24.2 Å². The minimum atomic E-state index is 0.0318. The van der Waals surface area contributed by atoms with Gasteiger partial charge in [0.25, 0.3) is 0 Å². The summed E-state index contributed by atoms with van der Waals surface area (Å²) in [5, 5.41) is 0. The Balaban J connectivity index is 2.12. The van der Waals surface area contributed by atoms with Gasteiger partial charge in [0.1, 0.15) is 7.42 Å². The summed E-state index contributed by atoms with van der Waals surface area (Å²) in [4.78, 5) is 0. The summed E-state index contributed by atoms with van der Waals surface area (Å²) in [6, 6.07) is 3.03. The van der Waals surface area contributed by atoms with Crippen molar-refractivity contribution in [3.63, 3.8) is 0 Å². The Kier molecular flexibility index (Phi) is 2.63. The van der Waals surface area contributed by atoms with E-state index in [-0.39, 0.29) is 7.42 Å². The van der Waals surface area contributed by atoms with Crippen molar-refractivity contribution in [2.75, 3.05) is 0 Å². The lowest BCUT2D eigenvalue weighted by Crippen LogP contribution is -2.12. The smallest absolute Gasteiger partial charge is 0.129 e. The van der Waals surface area contributed by atoms with Gasteiger partial charge in [-0.15, -0.1) is 15.3 Å². The van der Waals surface area contributed by atoms with E-state index in [1.54, 1.807) is 0 Å². The van der Waals surface area contributed by atoms with Crippen LogP contribution >= 0.6 is 15.3 Å². The monoisotopic (exact) mass is 191 g/mol. The average Bonchev–Trinajstić information content (AvgIpc) is 1.69. The molecule has 0 aromatic heterocycles. The molecule has 0 aromatic carbocycles. The van der Waals surface area contributed by atoms with Gasteiger partial charge in [0.15, 0.2) is 0 Å². The van der Waals surface area contributed by atoms with E-state index >= 15 is 0 Å². The standard InChI is InChI=1S/C4H8BrSi2/c5-7-3-1-2-6-4-7/h1-4H2. The first kappa shape index (κ1) is 6.04. The molecule has 0 nitrogen and oxygen atoms in total. The van der Waals surface area contributed by atoms with Crippen LogP contribution in [-0.4, -0.2) is 16.9 Å². The zero-order valence-corrected chi connectivity index (χ0v) is 7.79. The Morgan fingerprint density at radius 2 is 2.43 bits per heavy atom. The van der Waals surface area contributed by atoms with Gasteiger partial charge in [0.2, 0.25) is 0 Å². The van der Waals surface area contributed by atoms with Gasteiger partial charge in [0.05, 0.1) is 0 Å². The highest BCUT2D eigenvalue weighted by atomic mass is 79.9. The van der Waals surface area contributed by atoms with Gasteiger partial charge in [-0.1, -0.05) is 18.1 Å². The Hall–Kier alpha value is 0.914. The summed E-state index contributed by atoms with van der Waals surface area (Å²) >= 11 is 3.70. The van der Waals surface area contributed by atoms with E-state index in [0.29, 0.717) is 0 Å². The van der Waals surface area contributed by atoms with E-state index < -0.39 is 0 Å². The molecule has 0 aromatic rings. The quantitative estimate of drug-likeness (QED) is 0.406. The maximum Gasteiger partial charge on any atom is 0.132 e. The highest BCUT2D eigenvalue weighted by Crippen LogP contribution is 2.17. The van der Waals surface area contributed by atoms with Crippen molar-refractivity contribution < 1.29 is 0 Å². The molecule has 0 amide bonds. The number of hydrogen-bond donors (Lipinski definition) is 0. The number of halogens is 1. The molecule has 0 unspecified atom stereocenters. The molecule has 3 heteroatoms. The Bertz CT molecular complexity index is 51.7. The number of rotatable bonds is 0. The van der Waals surface area contributed by atoms with Gasteiger partial charge in [-0.3, -0.25) is 0 Å². The van der Waals surface area contributed by atoms with Crippen LogP contribution in [0, 0.1) is 0 Å². The molecule has 1 aliphatic heterocycles. The molecule has 1 heterocycles. The lowest BCUT2D eigenvalue weighted by atomic mass is 10.6. The van der Waals surface area contributed by atoms with E-state index in [0.717, 1.165) is 0 Å². The van der Waals surface area contributed by atoms with Crippen LogP contribution in [0.5, 0.6) is 0 Å². The molecule has 0 bridgehead atoms. The fourth-order valence-electron chi connectivity index (χ4n) is 0.718. The van der Waals surface area contributed by atoms with Crippen molar-refractivity contribution in [1.29, 1.82) is 0 Å². The maximum absolute atomic E-state index is 3.70. The molecule has 1 aliphatic rings. The third-order valence-corrected chi connectivity index (χ3v) is 8.97. The summed E-state index contributed by atoms with van der Waals surface area (Å²) in [5.41, 5.74) is 1.53. The largest absolute Gasteiger partial charge is 0.132 e. The molecule has 7 heavy (non-hydrogen) atoms. The van der Waals surface area contributed by atoms with Crippen LogP contribution in [-0.2, 0) is 0 Å². The zero-order chi connectivity index (χ0) is 5.11. The second-order valence-electron chi connectivity index (χ2n) is 1.80. The molecule has 1 rings (SSSR count). The topological polar surface area (TPSA) is 0 Å². The second-order valence-corrected chi connectivity index (χ2v) is 9.11. The fourth-order valence-corrected chi connectivity index (χ4v) is 7.18. The summed E-state index contributed by atoms with van der Waals surface area (Å²) < 4.78 is 0. The molecule has 0 atom stereocenters. The summed E-state index contributed by atoms with van der Waals surface area (Å²) in [6.45, 7) is 0. The Labute approximate surface area is 56.7 Å². The van der Waals surface area contributed by atoms with E-state index in [1.165, 1.54) is 33.7 Å². The highest BCUT2D eigenvalue weighted by Gasteiger charge is 2.11. The van der Waals surface area contributed by atoms with E-state index in [1.807, 2.05) is 0 Å². The lowest BCUT2D eigenvalue weighted by molar-refractivity contribution is 1.04. The molecule has 1 fully saturated rings. The lowest BCUT2D eigenvalue weighted by Gasteiger charge is -2.10. The minimum Gasteiger partial charge on any atom is -0.129 e. The van der Waals surface area contributed by atoms with Gasteiger partial charge in [0, 0.05) is 9.52 Å². The highest BCUT2D eigenvalue weighted by molar-refractivity contribution is 9.24. The van der Waals surface area contributed by atoms with Crippen molar-refractivity contribution >= 4 is 32.2 Å². The normalized spacial score (nSPS) is 25.3. The van der Waals surface area contributed by atoms with E-state index in [4.69, 9.17) is 0 Å². The summed E-state index contributed by atoms with van der Waals surface area (Å²) in [6.07, 6.45) is 1.50. The maximum atomic E-state index is 3.70. The van der Waals surface area contributed by atoms with E-state index in [2.05, 4.69) is 15.3 Å². The van der Waals surface area contributed by atoms with Crippen LogP contribution in [0.2, 0.25) is 17.8 Å². The molecule has 1 saturated heterocycles. The summed E-state index contributed by atoms with van der Waals surface area (Å²) in [5.74, 6) is 0. The van der Waals surface area contributed by atoms with Crippen LogP contribution in [0.4, 0.5) is 0 Å². The first-order chi connectivity index (χ1) is 3.39. The SMILES string of the molecule is Br[Si]1CCC[Si]C1. The minimum absolute atomic E-state index is 0.0318. The predicted octanol–water partition coefficient (Wildman–Crippen LogP) is 1.86. The average molecular weight is 192 g/mol. The van der Waals surface area contributed by atoms with Gasteiger partial charge in [-0.25, -0.2) is 0 Å². The number of hydrogen-bond acceptors (Lipinski definition) is 0. The third-order valence-electron chi connectivity index (χ3n) is 1.12. The third kappa shape index (κ3) is 2.10. The Morgan fingerprint density at radius 3 is 2.71 bits per heavy atom. The first-order valence-corrected chi connectivity index (χ1v) is 8.19. The summed E-state index contributed by atoms with van der Waals surface area (Å²) in [7, 11) is 1.31. The molecular formula is C4H8BrSi2. The van der Waals surface area contributed by atoms with Crippen molar-refractivity contribution in [3.8, 4) is 0 Å². The van der Waals surface area contributed by atoms with Crippen molar-refractivity contribution in [2.24, 2.45) is 0 Å². The molecule has 0 N–H and O–H groups in total. The predicted molar refractivity (Wildman–Crippen MR) is 39.5 cm³/mol. The van der Waals surface area contributed by atoms with Crippen LogP contribution in [0.1, 0.15) is 6.42 Å². The second kappa shape index (κ2) is 3.04. The van der Waals surface area contributed by atoms with Crippen LogP contribution in [0.15, 0.2) is 0 Å². The zero-order valence-electron chi connectivity index (χ0n) is 4.21. The van der Waals surface area contributed by atoms with Gasteiger partial charge < -0.3 is 0 Å². The van der Waals surface area contributed by atoms with Gasteiger partial charge in [-0.2, -0.15) is 0 Å². The van der Waals surface area contributed by atoms with Crippen LogP contribution in [0.25, 0.3) is 0 Å². The molecule has 0 aliphatic carbocycles. The molecular weight excluding hydrogens is 184 g/mol. The fraction of sp³-hybridized carbons (Fsp3) is 1.00. The van der Waals surface area contributed by atoms with E-state index in [9.17, 15) is 0 Å². The van der Waals surface area contributed by atoms with Crippen molar-refractivity contribution in [1.82, 2.24) is 0 Å². The van der Waals surface area contributed by atoms with Crippen molar-refractivity contribution in [3.05, 3.63) is 0 Å². The van der Waals surface area contributed by atoms with Gasteiger partial charge in [-0.05, 0) is 6.04 Å². The first-order valence-electron chi connectivity index (χ1n) is 2.60. The Morgan fingerprint density at radius 1 is 1.57 bits per heavy atom. The molecule has 0 saturated carbocycles. The van der Waals surface area contributed by atoms with Crippen LogP contribution in [0.3, 0.4) is 0 Å². The molecule has 3 radical (unpaired) electrons. The van der Waals surface area contributed by atoms with Gasteiger partial charge >= 0.3 is 0 Å². The van der Waals surface area contributed by atoms with Crippen LogP contribution < -0.4 is 0 Å².